The molecule has 0 fully saturated rings. The quantitative estimate of drug-likeness (QED) is 0.645. The van der Waals surface area contributed by atoms with Gasteiger partial charge >= 0.3 is 0 Å². The molecule has 0 aliphatic rings. The van der Waals surface area contributed by atoms with Gasteiger partial charge in [0.05, 0.1) is 12.0 Å². The Balaban J connectivity index is 3.37. The lowest BCUT2D eigenvalue weighted by Crippen LogP contribution is -2.29. The van der Waals surface area contributed by atoms with Crippen molar-refractivity contribution in [1.29, 1.82) is 0 Å². The van der Waals surface area contributed by atoms with E-state index in [4.69, 9.17) is 10.5 Å². The molecule has 100 valence electrons. The van der Waals surface area contributed by atoms with Gasteiger partial charge in [0.1, 0.15) is 5.75 Å². The van der Waals surface area contributed by atoms with Crippen LogP contribution in [0.15, 0.2) is 18.2 Å². The number of nitro groups is 1. The molecule has 0 radical (unpaired) electrons. The summed E-state index contributed by atoms with van der Waals surface area (Å²) < 4.78 is 5.14. The van der Waals surface area contributed by atoms with Gasteiger partial charge in [0.2, 0.25) is 0 Å². The molecule has 1 rings (SSSR count). The van der Waals surface area contributed by atoms with E-state index in [0.717, 1.165) is 0 Å². The number of hydrogen-bond acceptors (Lipinski definition) is 4. The predicted octanol–water partition coefficient (Wildman–Crippen LogP) is 2.69. The van der Waals surface area contributed by atoms with Gasteiger partial charge in [0.25, 0.3) is 5.69 Å². The molecule has 2 unspecified atom stereocenters. The zero-order valence-electron chi connectivity index (χ0n) is 11.2. The molecular formula is C13H20N2O3. The summed E-state index contributed by atoms with van der Waals surface area (Å²) in [6.07, 6.45) is 0. The molecule has 0 aliphatic carbocycles. The summed E-state index contributed by atoms with van der Waals surface area (Å²) in [5, 5.41) is 11.1. The van der Waals surface area contributed by atoms with Crippen LogP contribution in [-0.4, -0.2) is 18.1 Å². The molecule has 5 nitrogen and oxygen atoms in total. The second-order valence-electron chi connectivity index (χ2n) is 4.81. The van der Waals surface area contributed by atoms with Crippen molar-refractivity contribution < 1.29 is 9.66 Å². The number of nitrogens with zero attached hydrogens (tertiary/aromatic N) is 1. The largest absolute Gasteiger partial charge is 0.497 e. The van der Waals surface area contributed by atoms with Crippen molar-refractivity contribution in [2.45, 2.75) is 32.7 Å². The van der Waals surface area contributed by atoms with Crippen molar-refractivity contribution >= 4 is 5.69 Å². The van der Waals surface area contributed by atoms with Crippen molar-refractivity contribution in [2.24, 2.45) is 11.7 Å². The van der Waals surface area contributed by atoms with Crippen LogP contribution in [0.2, 0.25) is 0 Å². The fourth-order valence-electron chi connectivity index (χ4n) is 2.34. The van der Waals surface area contributed by atoms with Crippen LogP contribution < -0.4 is 10.5 Å². The third-order valence-corrected chi connectivity index (χ3v) is 3.08. The van der Waals surface area contributed by atoms with Crippen molar-refractivity contribution in [2.75, 3.05) is 7.11 Å². The zero-order valence-corrected chi connectivity index (χ0v) is 11.2. The topological polar surface area (TPSA) is 78.4 Å². The minimum atomic E-state index is -0.369. The smallest absolute Gasteiger partial charge is 0.273 e. The minimum Gasteiger partial charge on any atom is -0.497 e. The molecule has 1 aromatic carbocycles. The zero-order chi connectivity index (χ0) is 13.9. The van der Waals surface area contributed by atoms with Crippen LogP contribution in [0, 0.1) is 16.0 Å². The minimum absolute atomic E-state index is 0.0690. The van der Waals surface area contributed by atoms with Crippen molar-refractivity contribution in [3.63, 3.8) is 0 Å². The van der Waals surface area contributed by atoms with E-state index in [1.165, 1.54) is 6.07 Å². The maximum Gasteiger partial charge on any atom is 0.273 e. The lowest BCUT2D eigenvalue weighted by Gasteiger charge is -2.25. The van der Waals surface area contributed by atoms with Gasteiger partial charge in [0, 0.05) is 23.6 Å². The van der Waals surface area contributed by atoms with E-state index in [0.29, 0.717) is 11.3 Å². The average molecular weight is 252 g/mol. The fraction of sp³-hybridized carbons (Fsp3) is 0.538. The second kappa shape index (κ2) is 5.82. The van der Waals surface area contributed by atoms with E-state index in [2.05, 4.69) is 0 Å². The Kier molecular flexibility index (Phi) is 4.67. The van der Waals surface area contributed by atoms with Gasteiger partial charge in [0.15, 0.2) is 0 Å². The molecule has 0 aromatic heterocycles. The van der Waals surface area contributed by atoms with E-state index in [-0.39, 0.29) is 28.5 Å². The molecule has 5 heteroatoms. The van der Waals surface area contributed by atoms with E-state index in [9.17, 15) is 10.1 Å². The highest BCUT2D eigenvalue weighted by Gasteiger charge is 2.28. The van der Waals surface area contributed by atoms with Crippen LogP contribution >= 0.6 is 0 Å². The molecule has 0 aliphatic heterocycles. The number of benzene rings is 1. The van der Waals surface area contributed by atoms with Crippen LogP contribution in [0.5, 0.6) is 5.75 Å². The highest BCUT2D eigenvalue weighted by Crippen LogP contribution is 2.36. The Hall–Kier alpha value is -1.62. The van der Waals surface area contributed by atoms with E-state index < -0.39 is 0 Å². The van der Waals surface area contributed by atoms with Gasteiger partial charge in [-0.05, 0) is 25.0 Å². The molecule has 0 saturated heterocycles. The van der Waals surface area contributed by atoms with Gasteiger partial charge in [-0.2, -0.15) is 0 Å². The van der Waals surface area contributed by atoms with Gasteiger partial charge in [-0.3, -0.25) is 10.1 Å². The van der Waals surface area contributed by atoms with Crippen LogP contribution in [0.1, 0.15) is 32.3 Å². The Morgan fingerprint density at radius 3 is 2.33 bits per heavy atom. The maximum atomic E-state index is 11.1. The number of ether oxygens (including phenoxy) is 1. The molecule has 0 bridgehead atoms. The summed E-state index contributed by atoms with van der Waals surface area (Å²) in [6, 6.07) is 4.63. The lowest BCUT2D eigenvalue weighted by molar-refractivity contribution is -0.385. The molecule has 0 spiro atoms. The van der Waals surface area contributed by atoms with Gasteiger partial charge in [-0.25, -0.2) is 0 Å². The maximum absolute atomic E-state index is 11.1. The Morgan fingerprint density at radius 1 is 1.33 bits per heavy atom. The van der Waals surface area contributed by atoms with Crippen molar-refractivity contribution in [1.82, 2.24) is 0 Å². The summed E-state index contributed by atoms with van der Waals surface area (Å²) in [7, 11) is 1.54. The number of methoxy groups -OCH3 is 1. The fourth-order valence-corrected chi connectivity index (χ4v) is 2.34. The van der Waals surface area contributed by atoms with Crippen LogP contribution in [0.3, 0.4) is 0 Å². The van der Waals surface area contributed by atoms with Gasteiger partial charge in [-0.1, -0.05) is 13.8 Å². The first-order valence-corrected chi connectivity index (χ1v) is 5.96. The number of nitrogens with two attached hydrogens (primary N) is 1. The highest BCUT2D eigenvalue weighted by molar-refractivity contribution is 5.48. The number of rotatable bonds is 5. The third kappa shape index (κ3) is 2.98. The Labute approximate surface area is 107 Å². The Bertz CT molecular complexity index is 422. The first-order chi connectivity index (χ1) is 8.38. The third-order valence-electron chi connectivity index (χ3n) is 3.08. The molecule has 0 amide bonds. The Morgan fingerprint density at radius 2 is 1.94 bits per heavy atom. The number of hydrogen-bond donors (Lipinski definition) is 1. The summed E-state index contributed by atoms with van der Waals surface area (Å²) in [5.41, 5.74) is 6.71. The molecule has 0 heterocycles. The van der Waals surface area contributed by atoms with Crippen LogP contribution in [0.25, 0.3) is 0 Å². The van der Waals surface area contributed by atoms with Gasteiger partial charge in [-0.15, -0.1) is 0 Å². The summed E-state index contributed by atoms with van der Waals surface area (Å²) >= 11 is 0. The van der Waals surface area contributed by atoms with E-state index in [1.807, 2.05) is 20.8 Å². The molecule has 1 aromatic rings. The highest BCUT2D eigenvalue weighted by atomic mass is 16.6. The van der Waals surface area contributed by atoms with E-state index in [1.54, 1.807) is 19.2 Å². The monoisotopic (exact) mass is 252 g/mol. The first-order valence-electron chi connectivity index (χ1n) is 5.96. The normalized spacial score (nSPS) is 14.3. The average Bonchev–Trinajstić information content (AvgIpc) is 2.27. The first kappa shape index (κ1) is 14.4. The summed E-state index contributed by atoms with van der Waals surface area (Å²) in [4.78, 5) is 10.7. The molecule has 0 saturated carbocycles. The number of nitro benzene ring substituents is 1. The second-order valence-corrected chi connectivity index (χ2v) is 4.81. The molecule has 18 heavy (non-hydrogen) atoms. The lowest BCUT2D eigenvalue weighted by atomic mass is 9.82. The van der Waals surface area contributed by atoms with E-state index >= 15 is 0 Å². The summed E-state index contributed by atoms with van der Waals surface area (Å²) in [6.45, 7) is 5.89. The standard InChI is InChI=1S/C13H20N2O3/c1-8(2)13(9(3)14)11-7-10(18-4)5-6-12(11)15(16)17/h5-9,13H,14H2,1-4H3. The molecule has 2 atom stereocenters. The van der Waals surface area contributed by atoms with Crippen LogP contribution in [0.4, 0.5) is 5.69 Å². The predicted molar refractivity (Wildman–Crippen MR) is 70.9 cm³/mol. The molecular weight excluding hydrogens is 232 g/mol. The van der Waals surface area contributed by atoms with Crippen molar-refractivity contribution in [3.8, 4) is 5.75 Å². The summed E-state index contributed by atoms with van der Waals surface area (Å²) in [5.74, 6) is 0.762. The van der Waals surface area contributed by atoms with Crippen LogP contribution in [-0.2, 0) is 0 Å². The molecule has 2 N–H and O–H groups in total. The SMILES string of the molecule is COc1ccc([N+](=O)[O-])c(C(C(C)C)C(C)N)c1. The van der Waals surface area contributed by atoms with Gasteiger partial charge < -0.3 is 10.5 Å². The van der Waals surface area contributed by atoms with Crippen molar-refractivity contribution in [3.05, 3.63) is 33.9 Å².